The molecule has 1 saturated heterocycles. The first-order valence-electron chi connectivity index (χ1n) is 5.73. The molecule has 2 aromatic rings. The van der Waals surface area contributed by atoms with Crippen molar-refractivity contribution in [3.8, 4) is 0 Å². The molecule has 2 aromatic heterocycles. The lowest BCUT2D eigenvalue weighted by Gasteiger charge is -2.13. The molecule has 9 heteroatoms. The van der Waals surface area contributed by atoms with E-state index in [1.165, 1.54) is 10.9 Å². The Bertz CT molecular complexity index is 669. The predicted molar refractivity (Wildman–Crippen MR) is 63.1 cm³/mol. The van der Waals surface area contributed by atoms with Crippen LogP contribution in [0.4, 0.5) is 10.3 Å². The molecule has 0 amide bonds. The number of nitrogens with one attached hydrogen (secondary N) is 1. The SMILES string of the molecule is Nc1nc2c(ncn2[C@@H]2C[C@@H](F)[C@H](CO)O2)c(=O)[nH]1. The van der Waals surface area contributed by atoms with Gasteiger partial charge in [0.1, 0.15) is 18.5 Å². The second-order valence-electron chi connectivity index (χ2n) is 4.34. The fourth-order valence-corrected chi connectivity index (χ4v) is 2.18. The lowest BCUT2D eigenvalue weighted by Crippen LogP contribution is -2.21. The summed E-state index contributed by atoms with van der Waals surface area (Å²) in [5.74, 6) is -0.0484. The highest BCUT2D eigenvalue weighted by Gasteiger charge is 2.36. The van der Waals surface area contributed by atoms with Gasteiger partial charge in [-0.2, -0.15) is 4.98 Å². The third-order valence-corrected chi connectivity index (χ3v) is 3.10. The first-order valence-corrected chi connectivity index (χ1v) is 5.73. The third-order valence-electron chi connectivity index (χ3n) is 3.10. The minimum Gasteiger partial charge on any atom is -0.394 e. The Labute approximate surface area is 106 Å². The number of halogens is 1. The number of hydrogen-bond donors (Lipinski definition) is 3. The van der Waals surface area contributed by atoms with E-state index in [4.69, 9.17) is 15.6 Å². The van der Waals surface area contributed by atoms with Crippen molar-refractivity contribution in [1.29, 1.82) is 0 Å². The summed E-state index contributed by atoms with van der Waals surface area (Å²) < 4.78 is 20.4. The number of ether oxygens (including phenoxy) is 1. The Morgan fingerprint density at radius 2 is 2.47 bits per heavy atom. The zero-order chi connectivity index (χ0) is 13.6. The van der Waals surface area contributed by atoms with E-state index in [1.54, 1.807) is 0 Å². The topological polar surface area (TPSA) is 119 Å². The van der Waals surface area contributed by atoms with E-state index in [2.05, 4.69) is 15.0 Å². The van der Waals surface area contributed by atoms with Crippen LogP contribution in [0.25, 0.3) is 11.2 Å². The Kier molecular flexibility index (Phi) is 2.72. The lowest BCUT2D eigenvalue weighted by molar-refractivity contribution is -0.0323. The van der Waals surface area contributed by atoms with E-state index in [0.29, 0.717) is 0 Å². The molecule has 0 saturated carbocycles. The Hall–Kier alpha value is -2.00. The van der Waals surface area contributed by atoms with Gasteiger partial charge in [0.2, 0.25) is 5.95 Å². The van der Waals surface area contributed by atoms with Gasteiger partial charge in [-0.25, -0.2) is 9.37 Å². The summed E-state index contributed by atoms with van der Waals surface area (Å²) in [5.41, 5.74) is 5.35. The Morgan fingerprint density at radius 1 is 1.68 bits per heavy atom. The number of nitrogen functional groups attached to an aromatic ring is 1. The number of nitrogens with zero attached hydrogens (tertiary/aromatic N) is 3. The van der Waals surface area contributed by atoms with Gasteiger partial charge in [0, 0.05) is 6.42 Å². The number of anilines is 1. The highest BCUT2D eigenvalue weighted by Crippen LogP contribution is 2.31. The van der Waals surface area contributed by atoms with Crippen molar-refractivity contribution in [2.75, 3.05) is 12.3 Å². The molecule has 3 atom stereocenters. The van der Waals surface area contributed by atoms with Gasteiger partial charge >= 0.3 is 0 Å². The number of alkyl halides is 1. The van der Waals surface area contributed by atoms with Crippen LogP contribution in [-0.4, -0.2) is 43.5 Å². The van der Waals surface area contributed by atoms with Gasteiger partial charge in [0.25, 0.3) is 5.56 Å². The fourth-order valence-electron chi connectivity index (χ4n) is 2.18. The highest BCUT2D eigenvalue weighted by atomic mass is 19.1. The van der Waals surface area contributed by atoms with E-state index in [-0.39, 0.29) is 23.5 Å². The van der Waals surface area contributed by atoms with Crippen molar-refractivity contribution in [2.24, 2.45) is 0 Å². The smallest absolute Gasteiger partial charge is 0.280 e. The number of H-pyrrole nitrogens is 1. The summed E-state index contributed by atoms with van der Waals surface area (Å²) in [6.07, 6.45) is -1.39. The second-order valence-corrected chi connectivity index (χ2v) is 4.34. The number of hydrogen-bond acceptors (Lipinski definition) is 6. The molecule has 4 N–H and O–H groups in total. The highest BCUT2D eigenvalue weighted by molar-refractivity contribution is 5.70. The summed E-state index contributed by atoms with van der Waals surface area (Å²) in [6.45, 7) is -0.402. The number of aliphatic hydroxyl groups excluding tert-OH is 1. The van der Waals surface area contributed by atoms with Gasteiger partial charge in [-0.1, -0.05) is 0 Å². The normalized spacial score (nSPS) is 27.2. The molecule has 0 aromatic carbocycles. The summed E-state index contributed by atoms with van der Waals surface area (Å²) in [5, 5.41) is 8.97. The van der Waals surface area contributed by atoms with Crippen molar-refractivity contribution in [3.63, 3.8) is 0 Å². The van der Waals surface area contributed by atoms with Gasteiger partial charge in [-0.15, -0.1) is 0 Å². The predicted octanol–water partition coefficient (Wildman–Crippen LogP) is -0.680. The maximum atomic E-state index is 13.6. The zero-order valence-corrected chi connectivity index (χ0v) is 9.78. The lowest BCUT2D eigenvalue weighted by atomic mass is 10.2. The molecule has 19 heavy (non-hydrogen) atoms. The molecule has 0 bridgehead atoms. The summed E-state index contributed by atoms with van der Waals surface area (Å²) in [6, 6.07) is 0. The van der Waals surface area contributed by atoms with Crippen LogP contribution in [0.15, 0.2) is 11.1 Å². The number of rotatable bonds is 2. The molecule has 1 aliphatic heterocycles. The van der Waals surface area contributed by atoms with Crippen molar-refractivity contribution in [3.05, 3.63) is 16.7 Å². The second kappa shape index (κ2) is 4.28. The molecule has 8 nitrogen and oxygen atoms in total. The molecule has 1 fully saturated rings. The molecular weight excluding hydrogens is 257 g/mol. The number of aromatic nitrogens is 4. The van der Waals surface area contributed by atoms with E-state index in [1.807, 2.05) is 0 Å². The fraction of sp³-hybridized carbons (Fsp3) is 0.500. The Balaban J connectivity index is 2.05. The van der Waals surface area contributed by atoms with Crippen LogP contribution in [0.1, 0.15) is 12.6 Å². The van der Waals surface area contributed by atoms with Gasteiger partial charge < -0.3 is 15.6 Å². The third kappa shape index (κ3) is 1.87. The van der Waals surface area contributed by atoms with E-state index < -0.39 is 30.7 Å². The number of nitrogens with two attached hydrogens (primary N) is 1. The van der Waals surface area contributed by atoms with E-state index in [0.717, 1.165) is 0 Å². The van der Waals surface area contributed by atoms with Crippen molar-refractivity contribution < 1.29 is 14.2 Å². The average Bonchev–Trinajstić information content (AvgIpc) is 2.92. The zero-order valence-electron chi connectivity index (χ0n) is 9.78. The summed E-state index contributed by atoms with van der Waals surface area (Å²) >= 11 is 0. The van der Waals surface area contributed by atoms with Gasteiger partial charge in [-0.3, -0.25) is 14.3 Å². The number of aliphatic hydroxyl groups is 1. The molecule has 0 spiro atoms. The largest absolute Gasteiger partial charge is 0.394 e. The number of fused-ring (bicyclic) bond motifs is 1. The van der Waals surface area contributed by atoms with Crippen LogP contribution in [0.2, 0.25) is 0 Å². The minimum absolute atomic E-state index is 0.0484. The van der Waals surface area contributed by atoms with Gasteiger partial charge in [-0.05, 0) is 0 Å². The van der Waals surface area contributed by atoms with Crippen LogP contribution in [0.3, 0.4) is 0 Å². The first kappa shape index (κ1) is 12.1. The van der Waals surface area contributed by atoms with E-state index in [9.17, 15) is 9.18 Å². The Morgan fingerprint density at radius 3 is 3.16 bits per heavy atom. The maximum absolute atomic E-state index is 13.6. The monoisotopic (exact) mass is 269 g/mol. The van der Waals surface area contributed by atoms with Crippen LogP contribution < -0.4 is 11.3 Å². The molecule has 102 valence electrons. The van der Waals surface area contributed by atoms with Crippen LogP contribution in [0, 0.1) is 0 Å². The van der Waals surface area contributed by atoms with Crippen LogP contribution in [0.5, 0.6) is 0 Å². The summed E-state index contributed by atoms with van der Waals surface area (Å²) in [7, 11) is 0. The standard InChI is InChI=1S/C10H12FN5O3/c11-4-1-6(19-5(4)2-17)16-3-13-7-8(16)14-10(12)15-9(7)18/h3-6,17H,1-2H2,(H3,12,14,15,18)/t4-,5+,6+/m1/s1. The average molecular weight is 269 g/mol. The summed E-state index contributed by atoms with van der Waals surface area (Å²) in [4.78, 5) is 21.8. The molecule has 0 unspecified atom stereocenters. The molecule has 0 aliphatic carbocycles. The van der Waals surface area contributed by atoms with Crippen molar-refractivity contribution >= 4 is 17.1 Å². The van der Waals surface area contributed by atoms with E-state index >= 15 is 0 Å². The molecule has 1 aliphatic rings. The maximum Gasteiger partial charge on any atom is 0.280 e. The quantitative estimate of drug-likeness (QED) is 0.664. The molecular formula is C10H12FN5O3. The number of imidazole rings is 1. The van der Waals surface area contributed by atoms with Crippen molar-refractivity contribution in [1.82, 2.24) is 19.5 Å². The van der Waals surface area contributed by atoms with Gasteiger partial charge in [0.15, 0.2) is 11.2 Å². The number of aromatic amines is 1. The molecule has 3 rings (SSSR count). The molecule has 3 heterocycles. The van der Waals surface area contributed by atoms with Crippen molar-refractivity contribution in [2.45, 2.75) is 24.9 Å². The van der Waals surface area contributed by atoms with Gasteiger partial charge in [0.05, 0.1) is 12.9 Å². The van der Waals surface area contributed by atoms with Crippen LogP contribution >= 0.6 is 0 Å². The first-order chi connectivity index (χ1) is 9.10. The minimum atomic E-state index is -1.27. The van der Waals surface area contributed by atoms with Crippen LogP contribution in [-0.2, 0) is 4.74 Å². The molecule has 0 radical (unpaired) electrons.